The Bertz CT molecular complexity index is 1630. The van der Waals surface area contributed by atoms with E-state index in [0.29, 0.717) is 10.7 Å². The van der Waals surface area contributed by atoms with E-state index in [0.717, 1.165) is 32.3 Å². The molecule has 0 aliphatic carbocycles. The van der Waals surface area contributed by atoms with Crippen molar-refractivity contribution in [2.75, 3.05) is 5.75 Å². The zero-order chi connectivity index (χ0) is 23.3. The molecule has 3 aromatic heterocycles. The van der Waals surface area contributed by atoms with Crippen LogP contribution in [0.3, 0.4) is 0 Å². The van der Waals surface area contributed by atoms with Gasteiger partial charge in [0.25, 0.3) is 0 Å². The van der Waals surface area contributed by atoms with Crippen molar-refractivity contribution in [3.63, 3.8) is 0 Å². The van der Waals surface area contributed by atoms with E-state index < -0.39 is 10.0 Å². The smallest absolute Gasteiger partial charge is 0.238 e. The van der Waals surface area contributed by atoms with Crippen molar-refractivity contribution in [2.45, 2.75) is 23.9 Å². The Labute approximate surface area is 198 Å². The lowest BCUT2D eigenvalue weighted by atomic mass is 10.2. The van der Waals surface area contributed by atoms with Gasteiger partial charge in [-0.25, -0.2) is 13.6 Å². The van der Waals surface area contributed by atoms with Gasteiger partial charge in [-0.2, -0.15) is 0 Å². The topological polar surface area (TPSA) is 112 Å². The lowest BCUT2D eigenvalue weighted by Crippen LogP contribution is -2.12. The minimum absolute atomic E-state index is 0.0169. The van der Waals surface area contributed by atoms with E-state index in [2.05, 4.69) is 10.2 Å². The number of sulfonamides is 1. The molecule has 3 heterocycles. The zero-order valence-corrected chi connectivity index (χ0v) is 20.2. The van der Waals surface area contributed by atoms with Crippen molar-refractivity contribution in [3.8, 4) is 5.69 Å². The van der Waals surface area contributed by atoms with Gasteiger partial charge in [0, 0.05) is 22.6 Å². The molecule has 0 spiro atoms. The summed E-state index contributed by atoms with van der Waals surface area (Å²) in [7, 11) is -3.76. The first-order chi connectivity index (χ1) is 15.7. The molecule has 11 heteroatoms. The molecule has 5 aromatic rings. The Hall–Kier alpha value is -2.99. The number of thiazole rings is 1. The summed E-state index contributed by atoms with van der Waals surface area (Å²) in [5, 5.41) is 14.4. The van der Waals surface area contributed by atoms with E-state index >= 15 is 0 Å². The predicted molar refractivity (Wildman–Crippen MR) is 130 cm³/mol. The Morgan fingerprint density at radius 1 is 1.09 bits per heavy atom. The number of nitrogens with zero attached hydrogens (tertiary/aromatic N) is 4. The highest BCUT2D eigenvalue weighted by Crippen LogP contribution is 2.30. The highest BCUT2D eigenvalue weighted by molar-refractivity contribution is 7.99. The number of para-hydroxylation sites is 1. The molecule has 0 radical (unpaired) electrons. The van der Waals surface area contributed by atoms with Crippen molar-refractivity contribution in [3.05, 3.63) is 71.5 Å². The maximum absolute atomic E-state index is 13.1. The lowest BCUT2D eigenvalue weighted by Gasteiger charge is -2.10. The van der Waals surface area contributed by atoms with Gasteiger partial charge in [0.1, 0.15) is 0 Å². The van der Waals surface area contributed by atoms with E-state index in [1.165, 1.54) is 23.9 Å². The molecule has 0 aliphatic rings. The summed E-state index contributed by atoms with van der Waals surface area (Å²) < 4.78 is 28.1. The van der Waals surface area contributed by atoms with Gasteiger partial charge in [0.15, 0.2) is 10.9 Å². The number of thioether (sulfide) groups is 1. The van der Waals surface area contributed by atoms with Crippen LogP contribution in [0.1, 0.15) is 21.7 Å². The highest BCUT2D eigenvalue weighted by atomic mass is 32.2. The van der Waals surface area contributed by atoms with Crippen LogP contribution in [-0.2, 0) is 10.0 Å². The van der Waals surface area contributed by atoms with Gasteiger partial charge >= 0.3 is 0 Å². The second kappa shape index (κ2) is 8.10. The van der Waals surface area contributed by atoms with Gasteiger partial charge in [-0.15, -0.1) is 10.2 Å². The first-order valence-corrected chi connectivity index (χ1v) is 13.3. The maximum Gasteiger partial charge on any atom is 0.238 e. The Morgan fingerprint density at radius 2 is 1.82 bits per heavy atom. The van der Waals surface area contributed by atoms with Crippen molar-refractivity contribution in [1.82, 2.24) is 19.2 Å². The minimum Gasteiger partial charge on any atom is -0.318 e. The summed E-state index contributed by atoms with van der Waals surface area (Å²) in [4.78, 5) is 13.9. The normalized spacial score (nSPS) is 12.1. The van der Waals surface area contributed by atoms with E-state index in [1.807, 2.05) is 53.1 Å². The molecule has 2 N–H and O–H groups in total. The number of primary sulfonamides is 1. The number of hydrogen-bond donors (Lipinski definition) is 1. The fourth-order valence-corrected chi connectivity index (χ4v) is 6.25. The van der Waals surface area contributed by atoms with E-state index in [-0.39, 0.29) is 16.4 Å². The van der Waals surface area contributed by atoms with Crippen molar-refractivity contribution in [2.24, 2.45) is 5.14 Å². The third-order valence-corrected chi connectivity index (χ3v) is 8.27. The number of carbonyl (C=O) groups excluding carboxylic acids is 1. The molecule has 0 saturated heterocycles. The third-order valence-electron chi connectivity index (χ3n) is 5.40. The molecule has 0 amide bonds. The summed E-state index contributed by atoms with van der Waals surface area (Å²) in [6, 6.07) is 16.1. The van der Waals surface area contributed by atoms with E-state index in [4.69, 9.17) is 5.14 Å². The number of carbonyl (C=O) groups is 1. The summed E-state index contributed by atoms with van der Waals surface area (Å²) in [5.41, 5.74) is 4.06. The van der Waals surface area contributed by atoms with Crippen LogP contribution in [0.25, 0.3) is 20.9 Å². The van der Waals surface area contributed by atoms with Crippen LogP contribution in [-0.4, -0.2) is 39.1 Å². The van der Waals surface area contributed by atoms with E-state index in [1.54, 1.807) is 23.5 Å². The standard InChI is InChI=1S/C22H19N5O3S3/c1-13-11-17(14(2)26(13)15-7-9-16(10-8-15)33(23,29)30)19(28)12-31-21-24-25-22-27(21)18-5-3-4-6-20(18)32-22/h3-11H,12H2,1-2H3,(H2,23,29,30). The fraction of sp³-hybridized carbons (Fsp3) is 0.136. The molecule has 0 aliphatic heterocycles. The van der Waals surface area contributed by atoms with Crippen LogP contribution < -0.4 is 5.14 Å². The number of fused-ring (bicyclic) bond motifs is 3. The first-order valence-electron chi connectivity index (χ1n) is 9.95. The highest BCUT2D eigenvalue weighted by Gasteiger charge is 2.19. The number of hydrogen-bond acceptors (Lipinski definition) is 7. The maximum atomic E-state index is 13.1. The summed E-state index contributed by atoms with van der Waals surface area (Å²) >= 11 is 2.92. The number of rotatable bonds is 6. The van der Waals surface area contributed by atoms with Gasteiger partial charge < -0.3 is 4.57 Å². The number of ketones is 1. The van der Waals surface area contributed by atoms with Gasteiger partial charge in [0.05, 0.1) is 20.9 Å². The van der Waals surface area contributed by atoms with Crippen LogP contribution in [0.2, 0.25) is 0 Å². The Balaban J connectivity index is 1.41. The summed E-state index contributed by atoms with van der Waals surface area (Å²) in [6.45, 7) is 3.78. The van der Waals surface area contributed by atoms with Gasteiger partial charge in [0.2, 0.25) is 15.0 Å². The van der Waals surface area contributed by atoms with Crippen molar-refractivity contribution >= 4 is 54.1 Å². The van der Waals surface area contributed by atoms with Gasteiger partial charge in [-0.1, -0.05) is 35.2 Å². The molecule has 0 bridgehead atoms. The number of aryl methyl sites for hydroxylation is 1. The van der Waals surface area contributed by atoms with Crippen molar-refractivity contribution in [1.29, 1.82) is 0 Å². The number of benzene rings is 2. The largest absolute Gasteiger partial charge is 0.318 e. The summed E-state index contributed by atoms with van der Waals surface area (Å²) in [5.74, 6) is 0.205. The molecule has 33 heavy (non-hydrogen) atoms. The molecular formula is C22H19N5O3S3. The van der Waals surface area contributed by atoms with Crippen LogP contribution in [0.4, 0.5) is 0 Å². The second-order valence-corrected chi connectivity index (χ2v) is 11.1. The van der Waals surface area contributed by atoms with Crippen LogP contribution >= 0.6 is 23.1 Å². The molecule has 0 unspecified atom stereocenters. The van der Waals surface area contributed by atoms with Crippen molar-refractivity contribution < 1.29 is 13.2 Å². The van der Waals surface area contributed by atoms with E-state index in [9.17, 15) is 13.2 Å². The molecule has 168 valence electrons. The van der Waals surface area contributed by atoms with Gasteiger partial charge in [-0.3, -0.25) is 9.20 Å². The van der Waals surface area contributed by atoms with Crippen LogP contribution in [0.5, 0.6) is 0 Å². The van der Waals surface area contributed by atoms with Gasteiger partial charge in [-0.05, 0) is 56.3 Å². The molecule has 0 fully saturated rings. The first kappa shape index (κ1) is 21.8. The third kappa shape index (κ3) is 3.86. The quantitative estimate of drug-likeness (QED) is 0.281. The monoisotopic (exact) mass is 497 g/mol. The molecule has 2 aromatic carbocycles. The predicted octanol–water partition coefficient (Wildman–Crippen LogP) is 3.97. The molecule has 0 saturated carbocycles. The average Bonchev–Trinajstić information content (AvgIpc) is 3.43. The molecular weight excluding hydrogens is 478 g/mol. The zero-order valence-electron chi connectivity index (χ0n) is 17.7. The molecule has 8 nitrogen and oxygen atoms in total. The van der Waals surface area contributed by atoms with Crippen LogP contribution in [0.15, 0.2) is 64.6 Å². The number of aromatic nitrogens is 4. The minimum atomic E-state index is -3.76. The Kier molecular flexibility index (Phi) is 5.36. The summed E-state index contributed by atoms with van der Waals surface area (Å²) in [6.07, 6.45) is 0. The van der Waals surface area contributed by atoms with Crippen LogP contribution in [0, 0.1) is 13.8 Å². The average molecular weight is 498 g/mol. The second-order valence-electron chi connectivity index (χ2n) is 7.54. The number of Topliss-reactive ketones (excluding diaryl/α,β-unsaturated/α-hetero) is 1. The number of nitrogens with two attached hydrogens (primary N) is 1. The fourth-order valence-electron chi connectivity index (χ4n) is 3.88. The SMILES string of the molecule is Cc1cc(C(=O)CSc2nnc3sc4ccccc4n23)c(C)n1-c1ccc(S(N)(=O)=O)cc1. The lowest BCUT2D eigenvalue weighted by molar-refractivity contribution is 0.102. The molecule has 5 rings (SSSR count). The molecule has 0 atom stereocenters. The Morgan fingerprint density at radius 3 is 2.55 bits per heavy atom.